The van der Waals surface area contributed by atoms with Crippen molar-refractivity contribution in [2.75, 3.05) is 0 Å². The molecule has 9 heavy (non-hydrogen) atoms. The van der Waals surface area contributed by atoms with E-state index < -0.39 is 0 Å². The number of benzene rings is 1. The first-order chi connectivity index (χ1) is 4.47. The molecule has 0 fully saturated rings. The van der Waals surface area contributed by atoms with Gasteiger partial charge < -0.3 is 0 Å². The molecule has 2 rings (SSSR count). The molecule has 46 valence electrons. The molecule has 0 aliphatic carbocycles. The van der Waals surface area contributed by atoms with Gasteiger partial charge in [0.1, 0.15) is 0 Å². The number of hydrogen-bond donors (Lipinski definition) is 0. The van der Waals surface area contributed by atoms with Crippen LogP contribution in [0.5, 0.6) is 0 Å². The number of hydrogen-bond acceptors (Lipinski definition) is 1. The van der Waals surface area contributed by atoms with E-state index in [0.29, 0.717) is 15.3 Å². The first kappa shape index (κ1) is 5.48. The molecule has 1 aromatic carbocycles. The van der Waals surface area contributed by atoms with Gasteiger partial charge in [0.05, 0.1) is 0 Å². The molecule has 2 heteroatoms. The van der Waals surface area contributed by atoms with E-state index in [1.54, 1.807) is 0 Å². The Balaban J connectivity index is 2.54. The zero-order chi connectivity index (χ0) is 6.10. The van der Waals surface area contributed by atoms with Crippen LogP contribution in [0.25, 0.3) is 0 Å². The van der Waals surface area contributed by atoms with E-state index in [4.69, 9.17) is 3.82 Å². The van der Waals surface area contributed by atoms with Gasteiger partial charge in [0, 0.05) is 0 Å². The van der Waals surface area contributed by atoms with Crippen molar-refractivity contribution in [3.05, 3.63) is 29.8 Å². The summed E-state index contributed by atoms with van der Waals surface area (Å²) in [6, 6.07) is 8.39. The Morgan fingerprint density at radius 3 is 3.11 bits per heavy atom. The molecule has 0 atom stereocenters. The molecule has 0 N–H and O–H groups in total. The molecule has 0 aromatic heterocycles. The van der Waals surface area contributed by atoms with E-state index >= 15 is 0 Å². The Bertz CT molecular complexity index is 199. The molecule has 1 aliphatic heterocycles. The van der Waals surface area contributed by atoms with Gasteiger partial charge in [-0.05, 0) is 0 Å². The summed E-state index contributed by atoms with van der Waals surface area (Å²) in [7, 11) is 0. The second kappa shape index (κ2) is 2.14. The van der Waals surface area contributed by atoms with Crippen LogP contribution in [0.15, 0.2) is 24.3 Å². The van der Waals surface area contributed by atoms with Gasteiger partial charge >= 0.3 is 60.0 Å². The predicted molar refractivity (Wildman–Crippen MR) is 36.6 cm³/mol. The van der Waals surface area contributed by atoms with Crippen molar-refractivity contribution in [2.45, 2.75) is 6.61 Å². The summed E-state index contributed by atoms with van der Waals surface area (Å²) in [5.74, 6) is 0. The standard InChI is InChI=1S/C7H6OSe/c1-2-4-7-6(3-1)5-8-9-7/h1-4H,5H2. The minimum atomic E-state index is 0.302. The maximum atomic E-state index is 5.28. The zero-order valence-corrected chi connectivity index (χ0v) is 6.55. The molecule has 0 amide bonds. The summed E-state index contributed by atoms with van der Waals surface area (Å²) < 4.78 is 6.68. The first-order valence-corrected chi connectivity index (χ1v) is 4.40. The fourth-order valence-electron chi connectivity index (χ4n) is 0.861. The molecule has 0 saturated heterocycles. The van der Waals surface area contributed by atoms with Gasteiger partial charge in [0.15, 0.2) is 0 Å². The topological polar surface area (TPSA) is 9.23 Å². The quantitative estimate of drug-likeness (QED) is 0.533. The molecule has 0 unspecified atom stereocenters. The summed E-state index contributed by atoms with van der Waals surface area (Å²) in [5.41, 5.74) is 1.37. The van der Waals surface area contributed by atoms with Gasteiger partial charge in [0.2, 0.25) is 0 Å². The van der Waals surface area contributed by atoms with E-state index in [-0.39, 0.29) is 0 Å². The zero-order valence-electron chi connectivity index (χ0n) is 4.83. The third kappa shape index (κ3) is 0.897. The van der Waals surface area contributed by atoms with E-state index in [1.165, 1.54) is 10.0 Å². The van der Waals surface area contributed by atoms with Crippen LogP contribution in [-0.2, 0) is 10.4 Å². The monoisotopic (exact) mass is 186 g/mol. The summed E-state index contributed by atoms with van der Waals surface area (Å²) in [4.78, 5) is 0. The Labute approximate surface area is 60.5 Å². The van der Waals surface area contributed by atoms with E-state index in [1.807, 2.05) is 0 Å². The molecular weight excluding hydrogens is 179 g/mol. The third-order valence-corrected chi connectivity index (χ3v) is 3.04. The average molecular weight is 185 g/mol. The molecule has 1 aliphatic rings. The molecule has 1 nitrogen and oxygen atoms in total. The molecule has 0 radical (unpaired) electrons. The Hall–Kier alpha value is -0.301. The van der Waals surface area contributed by atoms with Crippen molar-refractivity contribution >= 4 is 19.7 Å². The second-order valence-corrected chi connectivity index (χ2v) is 3.72. The summed E-state index contributed by atoms with van der Waals surface area (Å²) in [6.07, 6.45) is 0. The second-order valence-electron chi connectivity index (χ2n) is 1.95. The molecule has 1 heterocycles. The van der Waals surface area contributed by atoms with Crippen LogP contribution in [0.3, 0.4) is 0 Å². The van der Waals surface area contributed by atoms with Crippen LogP contribution in [0.2, 0.25) is 0 Å². The van der Waals surface area contributed by atoms with E-state index in [9.17, 15) is 0 Å². The van der Waals surface area contributed by atoms with Gasteiger partial charge in [-0.3, -0.25) is 0 Å². The van der Waals surface area contributed by atoms with Crippen molar-refractivity contribution in [2.24, 2.45) is 0 Å². The van der Waals surface area contributed by atoms with E-state index in [0.717, 1.165) is 6.61 Å². The molecular formula is C7H6OSe. The normalized spacial score (nSPS) is 15.6. The molecule has 1 aromatic rings. The molecule has 0 saturated carbocycles. The summed E-state index contributed by atoms with van der Waals surface area (Å²) in [5, 5.41) is 0. The van der Waals surface area contributed by atoms with Crippen LogP contribution in [0.4, 0.5) is 0 Å². The SMILES string of the molecule is c1ccc2c(c1)CO[Se]2. The fraction of sp³-hybridized carbons (Fsp3) is 0.143. The number of fused-ring (bicyclic) bond motifs is 1. The molecule has 0 bridgehead atoms. The van der Waals surface area contributed by atoms with Crippen LogP contribution in [-0.4, -0.2) is 15.3 Å². The van der Waals surface area contributed by atoms with Crippen molar-refractivity contribution in [1.29, 1.82) is 0 Å². The Kier molecular flexibility index (Phi) is 1.31. The van der Waals surface area contributed by atoms with Gasteiger partial charge in [-0.1, -0.05) is 0 Å². The molecule has 0 spiro atoms. The average Bonchev–Trinajstić information content (AvgIpc) is 2.33. The van der Waals surface area contributed by atoms with Crippen molar-refractivity contribution in [3.8, 4) is 0 Å². The van der Waals surface area contributed by atoms with Gasteiger partial charge in [-0.25, -0.2) is 0 Å². The fourth-order valence-corrected chi connectivity index (χ4v) is 2.29. The van der Waals surface area contributed by atoms with Gasteiger partial charge in [-0.15, -0.1) is 0 Å². The summed E-state index contributed by atoms with van der Waals surface area (Å²) >= 11 is 0.302. The predicted octanol–water partition coefficient (Wildman–Crippen LogP) is 0.461. The van der Waals surface area contributed by atoms with E-state index in [2.05, 4.69) is 24.3 Å². The van der Waals surface area contributed by atoms with Crippen molar-refractivity contribution < 1.29 is 3.82 Å². The van der Waals surface area contributed by atoms with Crippen LogP contribution in [0.1, 0.15) is 5.56 Å². The van der Waals surface area contributed by atoms with Gasteiger partial charge in [-0.2, -0.15) is 0 Å². The minimum absolute atomic E-state index is 0.302. The van der Waals surface area contributed by atoms with Gasteiger partial charge in [0.25, 0.3) is 0 Å². The summed E-state index contributed by atoms with van der Waals surface area (Å²) in [6.45, 7) is 0.830. The third-order valence-electron chi connectivity index (χ3n) is 1.34. The van der Waals surface area contributed by atoms with Crippen molar-refractivity contribution in [3.63, 3.8) is 0 Å². The van der Waals surface area contributed by atoms with Crippen LogP contribution < -0.4 is 4.46 Å². The van der Waals surface area contributed by atoms with Crippen LogP contribution in [0, 0.1) is 0 Å². The van der Waals surface area contributed by atoms with Crippen molar-refractivity contribution in [1.82, 2.24) is 0 Å². The Morgan fingerprint density at radius 1 is 1.33 bits per heavy atom. The Morgan fingerprint density at radius 2 is 2.22 bits per heavy atom. The maximum absolute atomic E-state index is 5.28. The number of rotatable bonds is 0. The van der Waals surface area contributed by atoms with Crippen LogP contribution >= 0.6 is 0 Å². The first-order valence-electron chi connectivity index (χ1n) is 2.84.